The molecule has 2 aliphatic heterocycles. The van der Waals surface area contributed by atoms with Gasteiger partial charge in [0, 0.05) is 26.6 Å². The van der Waals surface area contributed by atoms with Crippen molar-refractivity contribution in [3.8, 4) is 0 Å². The minimum absolute atomic E-state index is 0.0652. The number of nitrogens with zero attached hydrogens (tertiary/aromatic N) is 5. The van der Waals surface area contributed by atoms with Crippen molar-refractivity contribution in [3.63, 3.8) is 0 Å². The number of hydrogen-bond acceptors (Lipinski definition) is 8. The van der Waals surface area contributed by atoms with Gasteiger partial charge in [-0.15, -0.1) is 0 Å². The first kappa shape index (κ1) is 21.3. The first-order chi connectivity index (χ1) is 15.0. The van der Waals surface area contributed by atoms with Gasteiger partial charge in [-0.1, -0.05) is 0 Å². The first-order valence-electron chi connectivity index (χ1n) is 10.7. The molecular formula is C20H29N7O4. The van der Waals surface area contributed by atoms with Crippen LogP contribution in [0.3, 0.4) is 0 Å². The van der Waals surface area contributed by atoms with E-state index in [0.717, 1.165) is 32.1 Å². The molecule has 0 bridgehead atoms. The molecule has 2 saturated heterocycles. The third-order valence-electron chi connectivity index (χ3n) is 5.90. The lowest BCUT2D eigenvalue weighted by atomic mass is 9.91. The molecule has 2 aromatic rings. The van der Waals surface area contributed by atoms with Crippen LogP contribution < -0.4 is 11.1 Å². The van der Waals surface area contributed by atoms with Gasteiger partial charge >= 0.3 is 6.09 Å². The quantitative estimate of drug-likeness (QED) is 0.664. The second kappa shape index (κ2) is 9.46. The summed E-state index contributed by atoms with van der Waals surface area (Å²) in [5.41, 5.74) is 7.34. The number of rotatable bonds is 7. The fraction of sp³-hybridized carbons (Fsp3) is 0.650. The highest BCUT2D eigenvalue weighted by Crippen LogP contribution is 2.24. The monoisotopic (exact) mass is 431 g/mol. The Morgan fingerprint density at radius 2 is 2.13 bits per heavy atom. The molecule has 31 heavy (non-hydrogen) atoms. The zero-order valence-electron chi connectivity index (χ0n) is 17.7. The number of aromatic nitrogens is 4. The Labute approximate surface area is 180 Å². The second-order valence-corrected chi connectivity index (χ2v) is 8.17. The maximum absolute atomic E-state index is 12.3. The predicted octanol–water partition coefficient (Wildman–Crippen LogP) is 1.07. The number of anilines is 1. The number of ether oxygens (including phenoxy) is 2. The van der Waals surface area contributed by atoms with Crippen LogP contribution >= 0.6 is 0 Å². The van der Waals surface area contributed by atoms with E-state index in [-0.39, 0.29) is 24.5 Å². The van der Waals surface area contributed by atoms with E-state index >= 15 is 0 Å². The number of nitrogens with one attached hydrogen (secondary N) is 1. The van der Waals surface area contributed by atoms with Crippen LogP contribution in [0.2, 0.25) is 0 Å². The molecule has 0 radical (unpaired) electrons. The smallest absolute Gasteiger partial charge is 0.410 e. The summed E-state index contributed by atoms with van der Waals surface area (Å²) in [6.07, 6.45) is 5.88. The summed E-state index contributed by atoms with van der Waals surface area (Å²) < 4.78 is 12.4. The number of carbonyl (C=O) groups excluding carboxylic acids is 2. The molecule has 4 rings (SSSR count). The number of methoxy groups -OCH3 is 1. The number of fused-ring (bicyclic) bond motifs is 1. The van der Waals surface area contributed by atoms with Crippen LogP contribution in [0, 0.1) is 5.92 Å². The fourth-order valence-electron chi connectivity index (χ4n) is 4.19. The number of hydrogen-bond donors (Lipinski definition) is 2. The van der Waals surface area contributed by atoms with Crippen molar-refractivity contribution in [2.24, 2.45) is 5.92 Å². The van der Waals surface area contributed by atoms with Crippen molar-refractivity contribution in [2.75, 3.05) is 32.5 Å². The number of likely N-dealkylation sites (tertiary alicyclic amines) is 1. The minimum Gasteiger partial charge on any atom is -0.444 e. The van der Waals surface area contributed by atoms with Crippen molar-refractivity contribution in [2.45, 2.75) is 51.4 Å². The molecule has 0 aliphatic carbocycles. The molecule has 2 fully saturated rings. The number of amides is 2. The number of nitrogens with two attached hydrogens (primary N) is 1. The summed E-state index contributed by atoms with van der Waals surface area (Å²) in [6.45, 7) is 2.14. The molecule has 3 N–H and O–H groups in total. The van der Waals surface area contributed by atoms with Crippen molar-refractivity contribution in [3.05, 3.63) is 12.2 Å². The largest absolute Gasteiger partial charge is 0.444 e. The van der Waals surface area contributed by atoms with Crippen molar-refractivity contribution < 1.29 is 19.1 Å². The summed E-state index contributed by atoms with van der Waals surface area (Å²) in [6, 6.07) is 0. The van der Waals surface area contributed by atoms with Crippen LogP contribution in [-0.4, -0.2) is 69.3 Å². The average molecular weight is 431 g/mol. The van der Waals surface area contributed by atoms with Gasteiger partial charge in [-0.25, -0.2) is 19.7 Å². The molecule has 2 amide bonds. The third kappa shape index (κ3) is 5.04. The Bertz CT molecular complexity index is 939. The Hall–Kier alpha value is -2.95. The fourth-order valence-corrected chi connectivity index (χ4v) is 4.19. The molecule has 1 atom stereocenters. The third-order valence-corrected chi connectivity index (χ3v) is 5.90. The summed E-state index contributed by atoms with van der Waals surface area (Å²) in [5, 5.41) is 2.68. The average Bonchev–Trinajstić information content (AvgIpc) is 3.35. The van der Waals surface area contributed by atoms with Crippen LogP contribution in [-0.2, 0) is 27.4 Å². The maximum Gasteiger partial charge on any atom is 0.410 e. The Morgan fingerprint density at radius 1 is 1.32 bits per heavy atom. The highest BCUT2D eigenvalue weighted by atomic mass is 16.6. The van der Waals surface area contributed by atoms with E-state index in [9.17, 15) is 9.59 Å². The van der Waals surface area contributed by atoms with E-state index in [1.165, 1.54) is 0 Å². The summed E-state index contributed by atoms with van der Waals surface area (Å²) >= 11 is 0. The van der Waals surface area contributed by atoms with E-state index < -0.39 is 0 Å². The molecular weight excluding hydrogens is 402 g/mol. The Morgan fingerprint density at radius 3 is 2.84 bits per heavy atom. The lowest BCUT2D eigenvalue weighted by Gasteiger charge is -2.32. The van der Waals surface area contributed by atoms with Crippen molar-refractivity contribution >= 4 is 29.0 Å². The normalized spacial score (nSPS) is 19.7. The second-order valence-electron chi connectivity index (χ2n) is 8.17. The molecule has 4 heterocycles. The molecule has 168 valence electrons. The van der Waals surface area contributed by atoms with Gasteiger partial charge in [-0.05, 0) is 31.6 Å². The van der Waals surface area contributed by atoms with Gasteiger partial charge in [-0.3, -0.25) is 9.36 Å². The molecule has 0 spiro atoms. The standard InChI is InChI=1S/C20H29N7O4/c1-30-12-27-11-23-17-18(21)24-15(25-19(17)27)4-2-3-13-5-7-26(8-6-13)20(29)31-14-9-16(28)22-10-14/h11,13-14H,2-10,12H2,1H3,(H,22,28)(H2,21,24,25). The summed E-state index contributed by atoms with van der Waals surface area (Å²) in [7, 11) is 1.62. The Balaban J connectivity index is 1.22. The van der Waals surface area contributed by atoms with Crippen molar-refractivity contribution in [1.82, 2.24) is 29.7 Å². The van der Waals surface area contributed by atoms with Crippen LogP contribution in [0.5, 0.6) is 0 Å². The summed E-state index contributed by atoms with van der Waals surface area (Å²) in [5.74, 6) is 1.59. The van der Waals surface area contributed by atoms with Gasteiger partial charge < -0.3 is 25.4 Å². The van der Waals surface area contributed by atoms with Crippen LogP contribution in [0.25, 0.3) is 11.2 Å². The van der Waals surface area contributed by atoms with E-state index in [2.05, 4.69) is 20.3 Å². The van der Waals surface area contributed by atoms with Crippen molar-refractivity contribution in [1.29, 1.82) is 0 Å². The van der Waals surface area contributed by atoms with E-state index in [4.69, 9.17) is 15.2 Å². The van der Waals surface area contributed by atoms with Gasteiger partial charge in [-0.2, -0.15) is 0 Å². The molecule has 11 nitrogen and oxygen atoms in total. The highest BCUT2D eigenvalue weighted by molar-refractivity contribution is 5.81. The van der Waals surface area contributed by atoms with Gasteiger partial charge in [0.15, 0.2) is 11.5 Å². The predicted molar refractivity (Wildman–Crippen MR) is 112 cm³/mol. The van der Waals surface area contributed by atoms with Gasteiger partial charge in [0.25, 0.3) is 0 Å². The molecule has 2 aromatic heterocycles. The minimum atomic E-state index is -0.345. The van der Waals surface area contributed by atoms with Gasteiger partial charge in [0.1, 0.15) is 24.2 Å². The molecule has 11 heteroatoms. The molecule has 1 unspecified atom stereocenters. The molecule has 2 aliphatic rings. The lowest BCUT2D eigenvalue weighted by Crippen LogP contribution is -2.40. The number of nitrogen functional groups attached to an aromatic ring is 1. The van der Waals surface area contributed by atoms with Crippen LogP contribution in [0.15, 0.2) is 6.33 Å². The highest BCUT2D eigenvalue weighted by Gasteiger charge is 2.29. The molecule has 0 aromatic carbocycles. The first-order valence-corrected chi connectivity index (χ1v) is 10.7. The molecule has 0 saturated carbocycles. The van der Waals surface area contributed by atoms with Gasteiger partial charge in [0.2, 0.25) is 5.91 Å². The number of imidazole rings is 1. The van der Waals surface area contributed by atoms with Crippen LogP contribution in [0.4, 0.5) is 10.6 Å². The topological polar surface area (TPSA) is 137 Å². The zero-order valence-corrected chi connectivity index (χ0v) is 17.7. The van der Waals surface area contributed by atoms with Crippen LogP contribution in [0.1, 0.15) is 37.9 Å². The number of aryl methyl sites for hydroxylation is 1. The number of piperidine rings is 1. The van der Waals surface area contributed by atoms with Gasteiger partial charge in [0.05, 0.1) is 19.3 Å². The summed E-state index contributed by atoms with van der Waals surface area (Å²) in [4.78, 5) is 38.5. The van der Waals surface area contributed by atoms with E-state index in [1.807, 2.05) is 4.57 Å². The maximum atomic E-state index is 12.3. The Kier molecular flexibility index (Phi) is 6.50. The van der Waals surface area contributed by atoms with E-state index in [1.54, 1.807) is 18.3 Å². The SMILES string of the molecule is COCn1cnc2c(N)nc(CCCC3CCN(C(=O)OC4CNC(=O)C4)CC3)nc21. The number of carbonyl (C=O) groups is 2. The van der Waals surface area contributed by atoms with E-state index in [0.29, 0.717) is 55.1 Å². The lowest BCUT2D eigenvalue weighted by molar-refractivity contribution is -0.119. The zero-order chi connectivity index (χ0) is 21.8.